The molecular weight excluding hydrogens is 549 g/mol. The number of aromatic nitrogens is 1. The molecule has 0 fully saturated rings. The first kappa shape index (κ1) is 25.7. The molecule has 0 saturated carbocycles. The van der Waals surface area contributed by atoms with Gasteiger partial charge in [-0.3, -0.25) is 14.4 Å². The maximum absolute atomic E-state index is 13.5. The van der Waals surface area contributed by atoms with Crippen molar-refractivity contribution < 1.29 is 13.2 Å². The predicted molar refractivity (Wildman–Crippen MR) is 159 cm³/mol. The normalized spacial score (nSPS) is 13.8. The van der Waals surface area contributed by atoms with Crippen molar-refractivity contribution in [1.29, 1.82) is 0 Å². The summed E-state index contributed by atoms with van der Waals surface area (Å²) in [7, 11) is -3.77. The van der Waals surface area contributed by atoms with Gasteiger partial charge in [0.25, 0.3) is 15.9 Å². The minimum atomic E-state index is -3.77. The van der Waals surface area contributed by atoms with Gasteiger partial charge in [0.05, 0.1) is 15.1 Å². The van der Waals surface area contributed by atoms with Crippen LogP contribution in [0.25, 0.3) is 20.8 Å². The SMILES string of the molecule is CCN1CCc2c(sc(NC(=O)c3cccc(NS(=O)(=O)c4ccccc4)c3)c2-c2nc3ccccc3s2)C1. The fraction of sp³-hybridized carbons (Fsp3) is 0.172. The molecule has 1 aliphatic heterocycles. The van der Waals surface area contributed by atoms with Crippen LogP contribution in [0.4, 0.5) is 10.7 Å². The smallest absolute Gasteiger partial charge is 0.261 e. The van der Waals surface area contributed by atoms with E-state index in [1.807, 2.05) is 18.2 Å². The predicted octanol–water partition coefficient (Wildman–Crippen LogP) is 6.46. The molecule has 2 N–H and O–H groups in total. The number of amides is 1. The highest BCUT2D eigenvalue weighted by atomic mass is 32.2. The molecule has 0 unspecified atom stereocenters. The van der Waals surface area contributed by atoms with E-state index in [2.05, 4.69) is 27.9 Å². The molecular formula is C29H26N4O3S3. The van der Waals surface area contributed by atoms with Crippen LogP contribution in [-0.2, 0) is 23.0 Å². The van der Waals surface area contributed by atoms with E-state index in [1.54, 1.807) is 65.1 Å². The van der Waals surface area contributed by atoms with Crippen molar-refractivity contribution in [1.82, 2.24) is 9.88 Å². The topological polar surface area (TPSA) is 91.4 Å². The number of para-hydroxylation sites is 1. The second-order valence-electron chi connectivity index (χ2n) is 9.27. The molecule has 0 saturated heterocycles. The van der Waals surface area contributed by atoms with E-state index in [-0.39, 0.29) is 10.8 Å². The van der Waals surface area contributed by atoms with Crippen LogP contribution in [0.5, 0.6) is 0 Å². The standard InChI is InChI=1S/C29H26N4O3S3/c1-2-33-16-15-22-25(18-33)38-29(26(22)28-30-23-13-6-7-14-24(23)37-28)31-27(34)19-9-8-10-20(17-19)32-39(35,36)21-11-4-3-5-12-21/h3-14,17,32H,2,15-16,18H2,1H3,(H,31,34). The Kier molecular flexibility index (Phi) is 6.94. The first-order valence-corrected chi connectivity index (χ1v) is 15.7. The molecule has 0 atom stereocenters. The van der Waals surface area contributed by atoms with Gasteiger partial charge in [-0.05, 0) is 61.0 Å². The molecule has 7 nitrogen and oxygen atoms in total. The highest BCUT2D eigenvalue weighted by Crippen LogP contribution is 2.45. The zero-order valence-corrected chi connectivity index (χ0v) is 23.6. The zero-order valence-electron chi connectivity index (χ0n) is 21.2. The number of carbonyl (C=O) groups is 1. The Morgan fingerprint density at radius 1 is 1.00 bits per heavy atom. The lowest BCUT2D eigenvalue weighted by Crippen LogP contribution is -2.29. The maximum atomic E-state index is 13.5. The third-order valence-corrected chi connectivity index (χ3v) is 10.3. The number of nitrogens with zero attached hydrogens (tertiary/aromatic N) is 2. The lowest BCUT2D eigenvalue weighted by molar-refractivity contribution is 0.102. The van der Waals surface area contributed by atoms with Crippen LogP contribution in [-0.4, -0.2) is 37.3 Å². The van der Waals surface area contributed by atoms with E-state index in [0.717, 1.165) is 51.8 Å². The number of sulfonamides is 1. The largest absolute Gasteiger partial charge is 0.313 e. The number of hydrogen-bond acceptors (Lipinski definition) is 7. The average Bonchev–Trinajstić information content (AvgIpc) is 3.53. The van der Waals surface area contributed by atoms with Crippen molar-refractivity contribution in [2.24, 2.45) is 0 Å². The van der Waals surface area contributed by atoms with Gasteiger partial charge in [0.1, 0.15) is 10.0 Å². The second-order valence-corrected chi connectivity index (χ2v) is 13.1. The average molecular weight is 575 g/mol. The number of anilines is 2. The third kappa shape index (κ3) is 5.20. The monoisotopic (exact) mass is 574 g/mol. The summed E-state index contributed by atoms with van der Waals surface area (Å²) < 4.78 is 29.3. The Hall–Kier alpha value is -3.57. The molecule has 6 rings (SSSR count). The quantitative estimate of drug-likeness (QED) is 0.233. The van der Waals surface area contributed by atoms with Crippen molar-refractivity contribution in [3.8, 4) is 10.6 Å². The summed E-state index contributed by atoms with van der Waals surface area (Å²) in [5.41, 5.74) is 3.88. The van der Waals surface area contributed by atoms with Crippen LogP contribution in [0, 0.1) is 0 Å². The number of nitrogens with one attached hydrogen (secondary N) is 2. The molecule has 0 radical (unpaired) electrons. The summed E-state index contributed by atoms with van der Waals surface area (Å²) in [4.78, 5) is 22.2. The van der Waals surface area contributed by atoms with Gasteiger partial charge in [0.2, 0.25) is 0 Å². The van der Waals surface area contributed by atoms with Gasteiger partial charge in [-0.15, -0.1) is 22.7 Å². The van der Waals surface area contributed by atoms with E-state index < -0.39 is 10.0 Å². The van der Waals surface area contributed by atoms with E-state index in [9.17, 15) is 13.2 Å². The summed E-state index contributed by atoms with van der Waals surface area (Å²) in [6.45, 7) is 4.95. The lowest BCUT2D eigenvalue weighted by Gasteiger charge is -2.25. The van der Waals surface area contributed by atoms with Crippen molar-refractivity contribution in [2.75, 3.05) is 23.1 Å². The molecule has 3 aromatic carbocycles. The van der Waals surface area contributed by atoms with Gasteiger partial charge in [0.15, 0.2) is 0 Å². The fourth-order valence-corrected chi connectivity index (χ4v) is 8.20. The van der Waals surface area contributed by atoms with E-state index >= 15 is 0 Å². The highest BCUT2D eigenvalue weighted by molar-refractivity contribution is 7.92. The van der Waals surface area contributed by atoms with Crippen molar-refractivity contribution in [2.45, 2.75) is 24.8 Å². The van der Waals surface area contributed by atoms with Crippen LogP contribution < -0.4 is 10.0 Å². The van der Waals surface area contributed by atoms with Crippen LogP contribution in [0.3, 0.4) is 0 Å². The molecule has 198 valence electrons. The number of hydrogen-bond donors (Lipinski definition) is 2. The first-order chi connectivity index (χ1) is 18.9. The summed E-state index contributed by atoms with van der Waals surface area (Å²) in [6, 6.07) is 22.8. The van der Waals surface area contributed by atoms with E-state index in [0.29, 0.717) is 11.3 Å². The third-order valence-electron chi connectivity index (χ3n) is 6.75. The molecule has 2 aromatic heterocycles. The number of thiazole rings is 1. The first-order valence-electron chi connectivity index (χ1n) is 12.6. The summed E-state index contributed by atoms with van der Waals surface area (Å²) >= 11 is 3.23. The molecule has 5 aromatic rings. The second kappa shape index (κ2) is 10.5. The Morgan fingerprint density at radius 2 is 1.79 bits per heavy atom. The molecule has 1 aliphatic rings. The fourth-order valence-electron chi connectivity index (χ4n) is 4.73. The van der Waals surface area contributed by atoms with Gasteiger partial charge >= 0.3 is 0 Å². The minimum Gasteiger partial charge on any atom is -0.313 e. The Labute approximate surface area is 235 Å². The maximum Gasteiger partial charge on any atom is 0.261 e. The van der Waals surface area contributed by atoms with Gasteiger partial charge in [-0.1, -0.05) is 43.3 Å². The van der Waals surface area contributed by atoms with Gasteiger partial charge in [-0.25, -0.2) is 13.4 Å². The van der Waals surface area contributed by atoms with Crippen molar-refractivity contribution in [3.63, 3.8) is 0 Å². The van der Waals surface area contributed by atoms with Crippen LogP contribution >= 0.6 is 22.7 Å². The summed E-state index contributed by atoms with van der Waals surface area (Å²) in [6.07, 6.45) is 0.900. The molecule has 39 heavy (non-hydrogen) atoms. The van der Waals surface area contributed by atoms with Crippen molar-refractivity contribution in [3.05, 3.63) is 94.9 Å². The molecule has 0 spiro atoms. The van der Waals surface area contributed by atoms with Crippen LogP contribution in [0.15, 0.2) is 83.8 Å². The number of fused-ring (bicyclic) bond motifs is 2. The lowest BCUT2D eigenvalue weighted by atomic mass is 10.0. The molecule has 10 heteroatoms. The van der Waals surface area contributed by atoms with Crippen molar-refractivity contribution >= 4 is 59.5 Å². The van der Waals surface area contributed by atoms with Gasteiger partial charge in [0, 0.05) is 34.8 Å². The van der Waals surface area contributed by atoms with Gasteiger partial charge in [-0.2, -0.15) is 0 Å². The highest BCUT2D eigenvalue weighted by Gasteiger charge is 2.27. The van der Waals surface area contributed by atoms with Crippen LogP contribution in [0.2, 0.25) is 0 Å². The zero-order chi connectivity index (χ0) is 27.0. The molecule has 0 bridgehead atoms. The van der Waals surface area contributed by atoms with Crippen LogP contribution in [0.1, 0.15) is 27.7 Å². The van der Waals surface area contributed by atoms with E-state index in [4.69, 9.17) is 4.98 Å². The van der Waals surface area contributed by atoms with Gasteiger partial charge < -0.3 is 5.32 Å². The number of thiophene rings is 1. The number of rotatable bonds is 7. The summed E-state index contributed by atoms with van der Waals surface area (Å²) in [5.74, 6) is -0.302. The number of carbonyl (C=O) groups excluding carboxylic acids is 1. The Bertz CT molecular complexity index is 1750. The summed E-state index contributed by atoms with van der Waals surface area (Å²) in [5, 5.41) is 4.81. The number of likely N-dealkylation sites (N-methyl/N-ethyl adjacent to an activating group) is 1. The molecule has 0 aliphatic carbocycles. The molecule has 1 amide bonds. The minimum absolute atomic E-state index is 0.158. The Balaban J connectivity index is 1.32. The van der Waals surface area contributed by atoms with E-state index in [1.165, 1.54) is 22.6 Å². The Morgan fingerprint density at radius 3 is 2.59 bits per heavy atom. The molecule has 3 heterocycles. The number of benzene rings is 3.